The largest absolute Gasteiger partial charge is 0.469 e. The number of hydrogen-bond acceptors (Lipinski definition) is 3. The van der Waals surface area contributed by atoms with Crippen molar-refractivity contribution in [1.82, 2.24) is 0 Å². The van der Waals surface area contributed by atoms with Gasteiger partial charge in [0.25, 0.3) is 0 Å². The molecule has 0 heterocycles. The molecule has 0 unspecified atom stereocenters. The van der Waals surface area contributed by atoms with Crippen LogP contribution < -0.4 is 0 Å². The number of aliphatic hydroxyl groups excluding tert-OH is 1. The molecule has 0 saturated carbocycles. The molecule has 1 N–H and O–H groups in total. The lowest BCUT2D eigenvalue weighted by molar-refractivity contribution is -0.142. The van der Waals surface area contributed by atoms with Gasteiger partial charge in [0, 0.05) is 0 Å². The first-order valence-corrected chi connectivity index (χ1v) is 5.04. The first kappa shape index (κ1) is 12.1. The summed E-state index contributed by atoms with van der Waals surface area (Å²) in [7, 11) is 1.23. The van der Waals surface area contributed by atoms with Crippen LogP contribution in [-0.4, -0.2) is 18.2 Å². The summed E-state index contributed by atoms with van der Waals surface area (Å²) in [6, 6.07) is 4.27. The number of methoxy groups -OCH3 is 1. The number of carbonyl (C=O) groups is 1. The van der Waals surface area contributed by atoms with Crippen molar-refractivity contribution in [2.24, 2.45) is 0 Å². The SMILES string of the molecule is COC(=O)C[C@H](O)c1cccc(F)c1Br. The van der Waals surface area contributed by atoms with Crippen LogP contribution in [0.2, 0.25) is 0 Å². The fourth-order valence-corrected chi connectivity index (χ4v) is 1.66. The van der Waals surface area contributed by atoms with E-state index >= 15 is 0 Å². The summed E-state index contributed by atoms with van der Waals surface area (Å²) < 4.78 is 17.7. The molecule has 0 bridgehead atoms. The van der Waals surface area contributed by atoms with E-state index in [9.17, 15) is 14.3 Å². The molecule has 15 heavy (non-hydrogen) atoms. The Kier molecular flexibility index (Phi) is 4.23. The fourth-order valence-electron chi connectivity index (χ4n) is 1.13. The molecule has 1 aromatic carbocycles. The summed E-state index contributed by atoms with van der Waals surface area (Å²) in [5.74, 6) is -1.02. The highest BCUT2D eigenvalue weighted by Crippen LogP contribution is 2.27. The van der Waals surface area contributed by atoms with Crippen LogP contribution >= 0.6 is 15.9 Å². The van der Waals surface area contributed by atoms with Crippen LogP contribution in [0.1, 0.15) is 18.1 Å². The van der Waals surface area contributed by atoms with Crippen molar-refractivity contribution in [3.05, 3.63) is 34.1 Å². The van der Waals surface area contributed by atoms with Gasteiger partial charge in [0.05, 0.1) is 24.1 Å². The molecule has 0 radical (unpaired) electrons. The summed E-state index contributed by atoms with van der Waals surface area (Å²) in [5.41, 5.74) is 0.334. The molecule has 1 aromatic rings. The van der Waals surface area contributed by atoms with Crippen LogP contribution in [0.4, 0.5) is 4.39 Å². The van der Waals surface area contributed by atoms with E-state index < -0.39 is 17.9 Å². The average molecular weight is 277 g/mol. The van der Waals surface area contributed by atoms with Gasteiger partial charge < -0.3 is 9.84 Å². The predicted molar refractivity (Wildman–Crippen MR) is 55.7 cm³/mol. The van der Waals surface area contributed by atoms with Gasteiger partial charge in [-0.05, 0) is 27.6 Å². The summed E-state index contributed by atoms with van der Waals surface area (Å²) in [6.45, 7) is 0. The summed E-state index contributed by atoms with van der Waals surface area (Å²) in [4.78, 5) is 10.9. The van der Waals surface area contributed by atoms with Crippen molar-refractivity contribution in [3.8, 4) is 0 Å². The standard InChI is InChI=1S/C10H10BrFO3/c1-15-9(14)5-8(13)6-3-2-4-7(12)10(6)11/h2-4,8,13H,5H2,1H3/t8-/m0/s1. The first-order valence-electron chi connectivity index (χ1n) is 4.25. The Bertz CT molecular complexity index is 368. The topological polar surface area (TPSA) is 46.5 Å². The van der Waals surface area contributed by atoms with E-state index in [1.54, 1.807) is 6.07 Å². The number of halogens is 2. The minimum atomic E-state index is -1.07. The molecular formula is C10H10BrFO3. The number of benzene rings is 1. The number of rotatable bonds is 3. The number of carbonyl (C=O) groups excluding carboxylic acids is 1. The minimum Gasteiger partial charge on any atom is -0.469 e. The number of aliphatic hydroxyl groups is 1. The van der Waals surface area contributed by atoms with Gasteiger partial charge in [0.2, 0.25) is 0 Å². The van der Waals surface area contributed by atoms with Gasteiger partial charge in [0.1, 0.15) is 5.82 Å². The summed E-state index contributed by atoms with van der Waals surface area (Å²) in [6.07, 6.45) is -1.26. The van der Waals surface area contributed by atoms with Crippen molar-refractivity contribution < 1.29 is 19.0 Å². The zero-order valence-corrected chi connectivity index (χ0v) is 9.62. The molecule has 0 aliphatic heterocycles. The molecule has 0 aliphatic carbocycles. The maximum Gasteiger partial charge on any atom is 0.308 e. The summed E-state index contributed by atoms with van der Waals surface area (Å²) >= 11 is 3.01. The molecule has 82 valence electrons. The van der Waals surface area contributed by atoms with Crippen molar-refractivity contribution in [1.29, 1.82) is 0 Å². The van der Waals surface area contributed by atoms with Gasteiger partial charge in [-0.3, -0.25) is 4.79 Å². The lowest BCUT2D eigenvalue weighted by Crippen LogP contribution is -2.08. The monoisotopic (exact) mass is 276 g/mol. The van der Waals surface area contributed by atoms with Crippen LogP contribution in [0, 0.1) is 5.82 Å². The average Bonchev–Trinajstić information content (AvgIpc) is 2.21. The van der Waals surface area contributed by atoms with Crippen LogP contribution in [0.3, 0.4) is 0 Å². The predicted octanol–water partition coefficient (Wildman–Crippen LogP) is 2.18. The third-order valence-corrected chi connectivity index (χ3v) is 2.76. The Morgan fingerprint density at radius 3 is 2.93 bits per heavy atom. The van der Waals surface area contributed by atoms with Crippen molar-refractivity contribution in [2.75, 3.05) is 7.11 Å². The fraction of sp³-hybridized carbons (Fsp3) is 0.300. The maximum atomic E-state index is 13.1. The second-order valence-corrected chi connectivity index (χ2v) is 3.73. The second kappa shape index (κ2) is 5.23. The van der Waals surface area contributed by atoms with E-state index in [0.717, 1.165) is 0 Å². The van der Waals surface area contributed by atoms with Gasteiger partial charge in [-0.25, -0.2) is 4.39 Å². The van der Waals surface area contributed by atoms with Crippen LogP contribution in [0.25, 0.3) is 0 Å². The molecule has 0 fully saturated rings. The highest BCUT2D eigenvalue weighted by Gasteiger charge is 2.17. The zero-order chi connectivity index (χ0) is 11.4. The maximum absolute atomic E-state index is 13.1. The van der Waals surface area contributed by atoms with Crippen molar-refractivity contribution >= 4 is 21.9 Å². The molecule has 0 aromatic heterocycles. The van der Waals surface area contributed by atoms with Crippen LogP contribution in [0.5, 0.6) is 0 Å². The summed E-state index contributed by atoms with van der Waals surface area (Å²) in [5, 5.41) is 9.63. The van der Waals surface area contributed by atoms with Gasteiger partial charge in [-0.2, -0.15) is 0 Å². The highest BCUT2D eigenvalue weighted by atomic mass is 79.9. The number of esters is 1. The molecule has 0 amide bonds. The molecule has 0 spiro atoms. The Morgan fingerprint density at radius 1 is 1.67 bits per heavy atom. The van der Waals surface area contributed by atoms with Crippen molar-refractivity contribution in [3.63, 3.8) is 0 Å². The number of hydrogen-bond donors (Lipinski definition) is 1. The van der Waals surface area contributed by atoms with E-state index in [-0.39, 0.29) is 10.9 Å². The van der Waals surface area contributed by atoms with E-state index in [4.69, 9.17) is 0 Å². The molecule has 0 aliphatic rings. The van der Waals surface area contributed by atoms with Crippen LogP contribution in [0.15, 0.2) is 22.7 Å². The number of ether oxygens (including phenoxy) is 1. The highest BCUT2D eigenvalue weighted by molar-refractivity contribution is 9.10. The minimum absolute atomic E-state index is 0.168. The van der Waals surface area contributed by atoms with E-state index in [0.29, 0.717) is 5.56 Å². The van der Waals surface area contributed by atoms with E-state index in [1.165, 1.54) is 19.2 Å². The lowest BCUT2D eigenvalue weighted by Gasteiger charge is -2.11. The molecular weight excluding hydrogens is 267 g/mol. The third-order valence-electron chi connectivity index (χ3n) is 1.93. The molecule has 5 heteroatoms. The Hall–Kier alpha value is -0.940. The third kappa shape index (κ3) is 3.00. The van der Waals surface area contributed by atoms with E-state index in [2.05, 4.69) is 20.7 Å². The molecule has 1 rings (SSSR count). The molecule has 1 atom stereocenters. The van der Waals surface area contributed by atoms with Gasteiger partial charge in [-0.15, -0.1) is 0 Å². The van der Waals surface area contributed by atoms with Gasteiger partial charge in [0.15, 0.2) is 0 Å². The Balaban J connectivity index is 2.86. The Labute approximate surface area is 95.0 Å². The zero-order valence-electron chi connectivity index (χ0n) is 8.04. The van der Waals surface area contributed by atoms with Crippen molar-refractivity contribution in [2.45, 2.75) is 12.5 Å². The first-order chi connectivity index (χ1) is 7.06. The lowest BCUT2D eigenvalue weighted by atomic mass is 10.1. The Morgan fingerprint density at radius 2 is 2.33 bits per heavy atom. The molecule has 3 nitrogen and oxygen atoms in total. The molecule has 0 saturated heterocycles. The smallest absolute Gasteiger partial charge is 0.308 e. The quantitative estimate of drug-likeness (QED) is 0.861. The van der Waals surface area contributed by atoms with Gasteiger partial charge in [-0.1, -0.05) is 12.1 Å². The second-order valence-electron chi connectivity index (χ2n) is 2.94. The normalized spacial score (nSPS) is 12.3. The van der Waals surface area contributed by atoms with Gasteiger partial charge >= 0.3 is 5.97 Å². The van der Waals surface area contributed by atoms with E-state index in [1.807, 2.05) is 0 Å². The van der Waals surface area contributed by atoms with Crippen LogP contribution in [-0.2, 0) is 9.53 Å².